The molecule has 0 aliphatic heterocycles. The monoisotopic (exact) mass is 248 g/mol. The first-order chi connectivity index (χ1) is 8.61. The Bertz CT molecular complexity index is 412. The Morgan fingerprint density at radius 1 is 1.39 bits per heavy atom. The van der Waals surface area contributed by atoms with Crippen molar-refractivity contribution in [2.24, 2.45) is 11.8 Å². The first kappa shape index (κ1) is 13.0. The van der Waals surface area contributed by atoms with Gasteiger partial charge in [-0.3, -0.25) is 10.1 Å². The SMILES string of the molecule is CNC(Cc1ccc([N+](=O)[O-])cc1)C(C)C1CC1. The molecule has 4 heteroatoms. The van der Waals surface area contributed by atoms with Crippen LogP contribution in [0.1, 0.15) is 25.3 Å². The van der Waals surface area contributed by atoms with Crippen LogP contribution in [0.4, 0.5) is 5.69 Å². The van der Waals surface area contributed by atoms with Crippen LogP contribution in [0, 0.1) is 22.0 Å². The third-order valence-electron chi connectivity index (χ3n) is 3.97. The Morgan fingerprint density at radius 2 is 2.00 bits per heavy atom. The van der Waals surface area contributed by atoms with Gasteiger partial charge in [0, 0.05) is 18.2 Å². The number of benzene rings is 1. The summed E-state index contributed by atoms with van der Waals surface area (Å²) in [7, 11) is 1.99. The molecular weight excluding hydrogens is 228 g/mol. The van der Waals surface area contributed by atoms with E-state index in [0.717, 1.165) is 17.9 Å². The zero-order chi connectivity index (χ0) is 13.1. The quantitative estimate of drug-likeness (QED) is 0.622. The van der Waals surface area contributed by atoms with E-state index in [4.69, 9.17) is 0 Å². The molecular formula is C14H20N2O2. The van der Waals surface area contributed by atoms with Gasteiger partial charge in [-0.25, -0.2) is 0 Å². The summed E-state index contributed by atoms with van der Waals surface area (Å²) in [5.74, 6) is 1.53. The van der Waals surface area contributed by atoms with Gasteiger partial charge < -0.3 is 5.32 Å². The summed E-state index contributed by atoms with van der Waals surface area (Å²) in [6.07, 6.45) is 3.63. The molecule has 1 N–H and O–H groups in total. The molecule has 98 valence electrons. The van der Waals surface area contributed by atoms with Crippen molar-refractivity contribution in [3.63, 3.8) is 0 Å². The molecule has 2 rings (SSSR count). The summed E-state index contributed by atoms with van der Waals surface area (Å²) in [6.45, 7) is 2.30. The van der Waals surface area contributed by atoms with E-state index >= 15 is 0 Å². The number of nitrogens with zero attached hydrogens (tertiary/aromatic N) is 1. The Hall–Kier alpha value is -1.42. The van der Waals surface area contributed by atoms with Gasteiger partial charge in [0.15, 0.2) is 0 Å². The molecule has 1 fully saturated rings. The van der Waals surface area contributed by atoms with E-state index < -0.39 is 0 Å². The largest absolute Gasteiger partial charge is 0.316 e. The van der Waals surface area contributed by atoms with Gasteiger partial charge in [-0.15, -0.1) is 0 Å². The van der Waals surface area contributed by atoms with Crippen molar-refractivity contribution in [1.29, 1.82) is 0 Å². The Kier molecular flexibility index (Phi) is 3.97. The van der Waals surface area contributed by atoms with Crippen LogP contribution in [0.15, 0.2) is 24.3 Å². The van der Waals surface area contributed by atoms with Gasteiger partial charge in [-0.2, -0.15) is 0 Å². The zero-order valence-corrected chi connectivity index (χ0v) is 10.9. The lowest BCUT2D eigenvalue weighted by Crippen LogP contribution is -2.35. The molecule has 0 aromatic heterocycles. The molecule has 2 unspecified atom stereocenters. The first-order valence-electron chi connectivity index (χ1n) is 6.52. The third-order valence-corrected chi connectivity index (χ3v) is 3.97. The molecule has 0 saturated heterocycles. The smallest absolute Gasteiger partial charge is 0.269 e. The molecule has 2 atom stereocenters. The highest BCUT2D eigenvalue weighted by molar-refractivity contribution is 5.33. The summed E-state index contributed by atoms with van der Waals surface area (Å²) in [5.41, 5.74) is 1.32. The fourth-order valence-electron chi connectivity index (χ4n) is 2.51. The topological polar surface area (TPSA) is 55.2 Å². The number of nitro benzene ring substituents is 1. The predicted octanol–water partition coefficient (Wildman–Crippen LogP) is 2.77. The van der Waals surface area contributed by atoms with E-state index in [-0.39, 0.29) is 10.6 Å². The van der Waals surface area contributed by atoms with Gasteiger partial charge in [-0.05, 0) is 43.7 Å². The second-order valence-electron chi connectivity index (χ2n) is 5.22. The van der Waals surface area contributed by atoms with Crippen molar-refractivity contribution >= 4 is 5.69 Å². The van der Waals surface area contributed by atoms with Crippen LogP contribution in [-0.4, -0.2) is 18.0 Å². The molecule has 1 aromatic rings. The van der Waals surface area contributed by atoms with Crippen LogP contribution in [0.3, 0.4) is 0 Å². The standard InChI is InChI=1S/C14H20N2O2/c1-10(12-5-6-12)14(15-2)9-11-3-7-13(8-4-11)16(17)18/h3-4,7-8,10,12,14-15H,5-6,9H2,1-2H3. The second kappa shape index (κ2) is 5.48. The lowest BCUT2D eigenvalue weighted by atomic mass is 9.91. The first-order valence-corrected chi connectivity index (χ1v) is 6.52. The molecule has 0 bridgehead atoms. The number of hydrogen-bond acceptors (Lipinski definition) is 3. The van der Waals surface area contributed by atoms with Crippen molar-refractivity contribution in [3.8, 4) is 0 Å². The highest BCUT2D eigenvalue weighted by Gasteiger charge is 2.32. The van der Waals surface area contributed by atoms with Crippen molar-refractivity contribution < 1.29 is 4.92 Å². The summed E-state index contributed by atoms with van der Waals surface area (Å²) in [4.78, 5) is 10.2. The normalized spacial score (nSPS) is 18.3. The van der Waals surface area contributed by atoms with Gasteiger partial charge in [-0.1, -0.05) is 19.1 Å². The summed E-state index contributed by atoms with van der Waals surface area (Å²) in [5, 5.41) is 14.0. The summed E-state index contributed by atoms with van der Waals surface area (Å²) in [6, 6.07) is 7.36. The molecule has 1 aliphatic rings. The van der Waals surface area contributed by atoms with Crippen LogP contribution in [0.5, 0.6) is 0 Å². The minimum atomic E-state index is -0.355. The molecule has 18 heavy (non-hydrogen) atoms. The summed E-state index contributed by atoms with van der Waals surface area (Å²) < 4.78 is 0. The number of nitro groups is 1. The van der Waals surface area contributed by atoms with E-state index in [1.165, 1.54) is 12.8 Å². The third kappa shape index (κ3) is 3.07. The predicted molar refractivity (Wildman–Crippen MR) is 71.5 cm³/mol. The fraction of sp³-hybridized carbons (Fsp3) is 0.571. The van der Waals surface area contributed by atoms with Crippen molar-refractivity contribution in [2.75, 3.05) is 7.05 Å². The van der Waals surface area contributed by atoms with Crippen LogP contribution in [0.2, 0.25) is 0 Å². The average Bonchev–Trinajstić information content (AvgIpc) is 3.20. The minimum Gasteiger partial charge on any atom is -0.316 e. The molecule has 0 heterocycles. The van der Waals surface area contributed by atoms with E-state index in [1.54, 1.807) is 12.1 Å². The molecule has 4 nitrogen and oxygen atoms in total. The number of rotatable bonds is 6. The Labute approximate surface area is 108 Å². The molecule has 0 amide bonds. The molecule has 1 saturated carbocycles. The van der Waals surface area contributed by atoms with Crippen LogP contribution in [-0.2, 0) is 6.42 Å². The molecule has 0 radical (unpaired) electrons. The Morgan fingerprint density at radius 3 is 2.44 bits per heavy atom. The van der Waals surface area contributed by atoms with Gasteiger partial charge in [0.2, 0.25) is 0 Å². The number of likely N-dealkylation sites (N-methyl/N-ethyl adjacent to an activating group) is 1. The lowest BCUT2D eigenvalue weighted by molar-refractivity contribution is -0.384. The second-order valence-corrected chi connectivity index (χ2v) is 5.22. The number of nitrogens with one attached hydrogen (secondary N) is 1. The lowest BCUT2D eigenvalue weighted by Gasteiger charge is -2.23. The Balaban J connectivity index is 2.00. The van der Waals surface area contributed by atoms with E-state index in [1.807, 2.05) is 19.2 Å². The van der Waals surface area contributed by atoms with Gasteiger partial charge in [0.25, 0.3) is 5.69 Å². The van der Waals surface area contributed by atoms with Gasteiger partial charge in [0.05, 0.1) is 4.92 Å². The van der Waals surface area contributed by atoms with E-state index in [2.05, 4.69) is 12.2 Å². The van der Waals surface area contributed by atoms with Crippen LogP contribution < -0.4 is 5.32 Å². The highest BCUT2D eigenvalue weighted by atomic mass is 16.6. The van der Waals surface area contributed by atoms with Gasteiger partial charge >= 0.3 is 0 Å². The van der Waals surface area contributed by atoms with E-state index in [0.29, 0.717) is 12.0 Å². The maximum Gasteiger partial charge on any atom is 0.269 e. The average molecular weight is 248 g/mol. The molecule has 0 spiro atoms. The van der Waals surface area contributed by atoms with Crippen molar-refractivity contribution in [3.05, 3.63) is 39.9 Å². The number of hydrogen-bond donors (Lipinski definition) is 1. The molecule has 1 aliphatic carbocycles. The zero-order valence-electron chi connectivity index (χ0n) is 10.9. The van der Waals surface area contributed by atoms with Crippen LogP contribution in [0.25, 0.3) is 0 Å². The highest BCUT2D eigenvalue weighted by Crippen LogP contribution is 2.38. The fourth-order valence-corrected chi connectivity index (χ4v) is 2.51. The molecule has 1 aromatic carbocycles. The maximum absolute atomic E-state index is 10.6. The van der Waals surface area contributed by atoms with E-state index in [9.17, 15) is 10.1 Å². The van der Waals surface area contributed by atoms with Gasteiger partial charge in [0.1, 0.15) is 0 Å². The maximum atomic E-state index is 10.6. The van der Waals surface area contributed by atoms with Crippen molar-refractivity contribution in [1.82, 2.24) is 5.32 Å². The summed E-state index contributed by atoms with van der Waals surface area (Å²) >= 11 is 0. The number of non-ortho nitro benzene ring substituents is 1. The minimum absolute atomic E-state index is 0.162. The van der Waals surface area contributed by atoms with Crippen LogP contribution >= 0.6 is 0 Å². The van der Waals surface area contributed by atoms with Crippen molar-refractivity contribution in [2.45, 2.75) is 32.2 Å².